The fourth-order valence-electron chi connectivity index (χ4n) is 3.15. The summed E-state index contributed by atoms with van der Waals surface area (Å²) < 4.78 is 17.0. The first-order valence-electron chi connectivity index (χ1n) is 8.40. The number of phosphoric ester groups is 1. The molecule has 2 heterocycles. The molecular weight excluding hydrogens is 397 g/mol. The number of aromatic nitrogens is 4. The van der Waals surface area contributed by atoms with Crippen molar-refractivity contribution in [3.63, 3.8) is 0 Å². The minimum Gasteiger partial charge on any atom is -0.390 e. The lowest BCUT2D eigenvalue weighted by molar-refractivity contribution is -0.00375. The van der Waals surface area contributed by atoms with Crippen LogP contribution in [-0.2, 0) is 9.09 Å². The largest absolute Gasteiger partial charge is 0.469 e. The summed E-state index contributed by atoms with van der Waals surface area (Å²) in [6.07, 6.45) is 0.272. The highest BCUT2D eigenvalue weighted by atomic mass is 32.2. The standard InChI is InChI=1S/C14H22N5O6PS/c1-2-3-27-14-17-12(15)9-13(18-14)19(6-16-9)8-4-7(10(20)11(8)21)5-25-26(22,23)24/h6-8,10-11,20-21H,2-5H2,1H3,(H2,15,17,18)(H2,22,23,24). The minimum absolute atomic E-state index is 0.228. The van der Waals surface area contributed by atoms with Crippen molar-refractivity contribution in [2.45, 2.75) is 43.2 Å². The highest BCUT2D eigenvalue weighted by Gasteiger charge is 2.43. The van der Waals surface area contributed by atoms with Gasteiger partial charge in [0, 0.05) is 11.7 Å². The van der Waals surface area contributed by atoms with Crippen LogP contribution in [0.1, 0.15) is 25.8 Å². The molecule has 1 saturated carbocycles. The molecule has 0 saturated heterocycles. The van der Waals surface area contributed by atoms with Gasteiger partial charge in [-0.3, -0.25) is 4.52 Å². The molecule has 2 aromatic heterocycles. The zero-order chi connectivity index (χ0) is 19.8. The van der Waals surface area contributed by atoms with E-state index in [1.54, 1.807) is 4.57 Å². The first kappa shape index (κ1) is 20.5. The van der Waals surface area contributed by atoms with Crippen molar-refractivity contribution in [1.29, 1.82) is 0 Å². The number of nitrogens with zero attached hydrogens (tertiary/aromatic N) is 4. The first-order valence-corrected chi connectivity index (χ1v) is 10.9. The predicted octanol–water partition coefficient (Wildman–Crippen LogP) is 0.303. The SMILES string of the molecule is CCCSc1nc(N)c2ncn(C3CC(COP(=O)(O)O)C(O)C3O)c2n1. The van der Waals surface area contributed by atoms with Gasteiger partial charge in [-0.1, -0.05) is 18.7 Å². The van der Waals surface area contributed by atoms with Gasteiger partial charge in [0.05, 0.1) is 25.1 Å². The highest BCUT2D eigenvalue weighted by Crippen LogP contribution is 2.42. The van der Waals surface area contributed by atoms with E-state index in [1.165, 1.54) is 18.1 Å². The van der Waals surface area contributed by atoms with E-state index < -0.39 is 32.0 Å². The molecule has 0 spiro atoms. The topological polar surface area (TPSA) is 177 Å². The number of thioether (sulfide) groups is 1. The van der Waals surface area contributed by atoms with E-state index in [-0.39, 0.29) is 18.8 Å². The molecule has 4 unspecified atom stereocenters. The maximum atomic E-state index is 10.9. The molecule has 2 aromatic rings. The van der Waals surface area contributed by atoms with Gasteiger partial charge >= 0.3 is 7.82 Å². The zero-order valence-electron chi connectivity index (χ0n) is 14.5. The highest BCUT2D eigenvalue weighted by molar-refractivity contribution is 7.99. The van der Waals surface area contributed by atoms with E-state index in [0.717, 1.165) is 12.2 Å². The van der Waals surface area contributed by atoms with Gasteiger partial charge in [0.15, 0.2) is 16.6 Å². The van der Waals surface area contributed by atoms with Crippen LogP contribution in [0.5, 0.6) is 0 Å². The van der Waals surface area contributed by atoms with Gasteiger partial charge in [-0.2, -0.15) is 0 Å². The molecule has 0 aliphatic heterocycles. The molecule has 0 bridgehead atoms. The Kier molecular flexibility index (Phi) is 6.06. The summed E-state index contributed by atoms with van der Waals surface area (Å²) in [5, 5.41) is 21.2. The Morgan fingerprint density at radius 2 is 2.11 bits per heavy atom. The van der Waals surface area contributed by atoms with E-state index in [2.05, 4.69) is 19.5 Å². The number of phosphoric acid groups is 1. The summed E-state index contributed by atoms with van der Waals surface area (Å²) in [7, 11) is -4.66. The first-order chi connectivity index (χ1) is 12.7. The second-order valence-electron chi connectivity index (χ2n) is 6.39. The molecule has 3 rings (SSSR count). The van der Waals surface area contributed by atoms with Crippen LogP contribution < -0.4 is 5.73 Å². The number of hydrogen-bond acceptors (Lipinski definition) is 9. The fraction of sp³-hybridized carbons (Fsp3) is 0.643. The van der Waals surface area contributed by atoms with Gasteiger partial charge in [-0.15, -0.1) is 0 Å². The summed E-state index contributed by atoms with van der Waals surface area (Å²) in [6.45, 7) is 1.66. The normalized spacial score (nSPS) is 26.1. The van der Waals surface area contributed by atoms with Crippen LogP contribution in [0.15, 0.2) is 11.5 Å². The smallest absolute Gasteiger partial charge is 0.390 e. The van der Waals surface area contributed by atoms with Crippen LogP contribution in [0.4, 0.5) is 5.82 Å². The zero-order valence-corrected chi connectivity index (χ0v) is 16.3. The van der Waals surface area contributed by atoms with Gasteiger partial charge in [-0.25, -0.2) is 19.5 Å². The quantitative estimate of drug-likeness (QED) is 0.237. The lowest BCUT2D eigenvalue weighted by atomic mass is 10.1. The number of aliphatic hydroxyl groups excluding tert-OH is 2. The number of nitrogen functional groups attached to an aromatic ring is 1. The van der Waals surface area contributed by atoms with Crippen LogP contribution in [0.2, 0.25) is 0 Å². The van der Waals surface area contributed by atoms with Crippen molar-refractivity contribution in [2.75, 3.05) is 18.1 Å². The Morgan fingerprint density at radius 1 is 1.37 bits per heavy atom. The Hall–Kier alpha value is -1.27. The van der Waals surface area contributed by atoms with Gasteiger partial charge in [-0.05, 0) is 12.8 Å². The Bertz CT molecular complexity index is 860. The molecule has 150 valence electrons. The van der Waals surface area contributed by atoms with Crippen LogP contribution in [0.3, 0.4) is 0 Å². The third-order valence-electron chi connectivity index (χ3n) is 4.45. The predicted molar refractivity (Wildman–Crippen MR) is 97.9 cm³/mol. The van der Waals surface area contributed by atoms with Crippen molar-refractivity contribution >= 4 is 36.6 Å². The van der Waals surface area contributed by atoms with Crippen molar-refractivity contribution < 1.29 is 29.1 Å². The number of rotatable bonds is 7. The molecule has 1 fully saturated rings. The molecule has 0 amide bonds. The summed E-state index contributed by atoms with van der Waals surface area (Å²) in [5.41, 5.74) is 6.80. The summed E-state index contributed by atoms with van der Waals surface area (Å²) in [5.74, 6) is 0.404. The molecule has 0 aromatic carbocycles. The third kappa shape index (κ3) is 4.43. The van der Waals surface area contributed by atoms with Crippen molar-refractivity contribution in [3.05, 3.63) is 6.33 Å². The second kappa shape index (κ2) is 8.00. The van der Waals surface area contributed by atoms with Crippen LogP contribution in [-0.4, -0.2) is 64.1 Å². The minimum atomic E-state index is -4.66. The van der Waals surface area contributed by atoms with Gasteiger partial charge in [0.25, 0.3) is 0 Å². The molecule has 1 aliphatic carbocycles. The van der Waals surface area contributed by atoms with E-state index in [9.17, 15) is 14.8 Å². The maximum absolute atomic E-state index is 10.9. The Labute approximate surface area is 159 Å². The monoisotopic (exact) mass is 419 g/mol. The molecule has 13 heteroatoms. The molecule has 27 heavy (non-hydrogen) atoms. The van der Waals surface area contributed by atoms with Crippen LogP contribution in [0.25, 0.3) is 11.2 Å². The average molecular weight is 419 g/mol. The average Bonchev–Trinajstić information content (AvgIpc) is 3.13. The van der Waals surface area contributed by atoms with Gasteiger partial charge in [0.1, 0.15) is 11.6 Å². The Morgan fingerprint density at radius 3 is 2.78 bits per heavy atom. The molecule has 1 aliphatic rings. The third-order valence-corrected chi connectivity index (χ3v) is 5.99. The van der Waals surface area contributed by atoms with Crippen molar-refractivity contribution in [1.82, 2.24) is 19.5 Å². The molecule has 0 radical (unpaired) electrons. The molecular formula is C14H22N5O6PS. The molecule has 11 nitrogen and oxygen atoms in total. The summed E-state index contributed by atoms with van der Waals surface area (Å²) >= 11 is 1.45. The number of hydrogen-bond donors (Lipinski definition) is 5. The number of fused-ring (bicyclic) bond motifs is 1. The maximum Gasteiger partial charge on any atom is 0.469 e. The molecule has 4 atom stereocenters. The van der Waals surface area contributed by atoms with E-state index in [4.69, 9.17) is 15.5 Å². The lowest BCUT2D eigenvalue weighted by Crippen LogP contribution is -2.30. The molecule has 6 N–H and O–H groups in total. The number of anilines is 1. The van der Waals surface area contributed by atoms with E-state index in [0.29, 0.717) is 16.3 Å². The number of imidazole rings is 1. The van der Waals surface area contributed by atoms with Crippen LogP contribution in [0, 0.1) is 5.92 Å². The van der Waals surface area contributed by atoms with Gasteiger partial charge < -0.3 is 30.3 Å². The number of aliphatic hydroxyl groups is 2. The summed E-state index contributed by atoms with van der Waals surface area (Å²) in [4.78, 5) is 30.6. The lowest BCUT2D eigenvalue weighted by Gasteiger charge is -2.18. The van der Waals surface area contributed by atoms with Crippen molar-refractivity contribution in [3.8, 4) is 0 Å². The second-order valence-corrected chi connectivity index (χ2v) is 8.70. The van der Waals surface area contributed by atoms with Gasteiger partial charge in [0.2, 0.25) is 0 Å². The summed E-state index contributed by atoms with van der Waals surface area (Å²) in [6, 6.07) is -0.589. The van der Waals surface area contributed by atoms with E-state index >= 15 is 0 Å². The number of nitrogens with two attached hydrogens (primary N) is 1. The fourth-order valence-corrected chi connectivity index (χ4v) is 4.24. The Balaban J connectivity index is 1.88. The van der Waals surface area contributed by atoms with E-state index in [1.807, 2.05) is 6.92 Å². The van der Waals surface area contributed by atoms with Crippen LogP contribution >= 0.6 is 19.6 Å². The van der Waals surface area contributed by atoms with Crippen molar-refractivity contribution in [2.24, 2.45) is 5.92 Å².